The van der Waals surface area contributed by atoms with Gasteiger partial charge in [-0.1, -0.05) is 19.9 Å². The minimum absolute atomic E-state index is 0.0175. The molecule has 1 aromatic carbocycles. The molecule has 2 aliphatic rings. The lowest BCUT2D eigenvalue weighted by Gasteiger charge is -2.39. The number of methoxy groups -OCH3 is 2. The molecule has 0 radical (unpaired) electrons. The molecule has 2 atom stereocenters. The number of nitrogens with one attached hydrogen (secondary N) is 1. The van der Waals surface area contributed by atoms with Gasteiger partial charge in [-0.3, -0.25) is 14.6 Å². The zero-order chi connectivity index (χ0) is 24.6. The summed E-state index contributed by atoms with van der Waals surface area (Å²) >= 11 is 0. The summed E-state index contributed by atoms with van der Waals surface area (Å²) in [6.45, 7) is 7.86. The van der Waals surface area contributed by atoms with E-state index >= 15 is 0 Å². The molecule has 0 bridgehead atoms. The number of hydrogen-bond acceptors (Lipinski definition) is 6. The third-order valence-corrected chi connectivity index (χ3v) is 6.50. The minimum atomic E-state index is -0.702. The summed E-state index contributed by atoms with van der Waals surface area (Å²) in [4.78, 5) is 36.4. The van der Waals surface area contributed by atoms with Crippen LogP contribution in [0.15, 0.2) is 52.7 Å². The highest BCUT2D eigenvalue weighted by Crippen LogP contribution is 2.50. The van der Waals surface area contributed by atoms with Gasteiger partial charge >= 0.3 is 0 Å². The fraction of sp³-hybridized carbons (Fsp3) is 0.407. The summed E-state index contributed by atoms with van der Waals surface area (Å²) in [6.07, 6.45) is 1.07. The smallest absolute Gasteiger partial charge is 0.235 e. The average Bonchev–Trinajstić information content (AvgIpc) is 2.76. The topological polar surface area (TPSA) is 89.9 Å². The fourth-order valence-corrected chi connectivity index (χ4v) is 5.02. The second-order valence-corrected chi connectivity index (χ2v) is 9.77. The van der Waals surface area contributed by atoms with Gasteiger partial charge in [0.05, 0.1) is 20.1 Å². The second kappa shape index (κ2) is 9.05. The van der Waals surface area contributed by atoms with E-state index < -0.39 is 11.8 Å². The molecular formula is C27H31N3O4. The molecule has 0 saturated heterocycles. The van der Waals surface area contributed by atoms with Crippen LogP contribution < -0.4 is 14.8 Å². The lowest BCUT2D eigenvalue weighted by molar-refractivity contribution is -0.119. The average molecular weight is 462 g/mol. The molecule has 2 heterocycles. The lowest BCUT2D eigenvalue weighted by atomic mass is 9.66. The first-order valence-electron chi connectivity index (χ1n) is 11.4. The summed E-state index contributed by atoms with van der Waals surface area (Å²) in [7, 11) is 3.17. The van der Waals surface area contributed by atoms with E-state index in [1.807, 2.05) is 38.1 Å². The van der Waals surface area contributed by atoms with E-state index in [1.165, 1.54) is 0 Å². The number of carbonyl (C=O) groups is 2. The Labute approximate surface area is 200 Å². The van der Waals surface area contributed by atoms with Crippen molar-refractivity contribution in [3.63, 3.8) is 0 Å². The van der Waals surface area contributed by atoms with Crippen molar-refractivity contribution in [1.82, 2.24) is 4.98 Å². The van der Waals surface area contributed by atoms with E-state index in [4.69, 9.17) is 14.5 Å². The molecule has 7 nitrogen and oxygen atoms in total. The number of Topliss-reactive ketones (excluding diaryl/α,β-unsaturated/α-hetero) is 1. The molecule has 1 aliphatic heterocycles. The molecule has 1 aromatic heterocycles. The highest BCUT2D eigenvalue weighted by atomic mass is 16.5. The monoisotopic (exact) mass is 461 g/mol. The molecule has 0 spiro atoms. The number of rotatable bonds is 5. The van der Waals surface area contributed by atoms with Crippen molar-refractivity contribution < 1.29 is 19.1 Å². The van der Waals surface area contributed by atoms with Gasteiger partial charge in [0.2, 0.25) is 5.91 Å². The van der Waals surface area contributed by atoms with E-state index in [1.54, 1.807) is 26.4 Å². The van der Waals surface area contributed by atoms with Crippen LogP contribution in [0.4, 0.5) is 5.82 Å². The van der Waals surface area contributed by atoms with Crippen molar-refractivity contribution in [2.24, 2.45) is 16.3 Å². The van der Waals surface area contributed by atoms with E-state index in [-0.39, 0.29) is 17.1 Å². The predicted molar refractivity (Wildman–Crippen MR) is 132 cm³/mol. The molecule has 7 heteroatoms. The first-order chi connectivity index (χ1) is 16.1. The Morgan fingerprint density at radius 2 is 1.85 bits per heavy atom. The number of amides is 1. The Morgan fingerprint density at radius 1 is 1.09 bits per heavy atom. The number of anilines is 1. The highest BCUT2D eigenvalue weighted by Gasteiger charge is 2.46. The predicted octanol–water partition coefficient (Wildman–Crippen LogP) is 4.86. The summed E-state index contributed by atoms with van der Waals surface area (Å²) in [6, 6.07) is 10.9. The normalized spacial score (nSPS) is 21.5. The van der Waals surface area contributed by atoms with Gasteiger partial charge in [0.15, 0.2) is 5.78 Å². The van der Waals surface area contributed by atoms with Crippen molar-refractivity contribution in [2.75, 3.05) is 19.5 Å². The van der Waals surface area contributed by atoms with E-state index in [9.17, 15) is 9.59 Å². The van der Waals surface area contributed by atoms with Crippen molar-refractivity contribution in [3.05, 3.63) is 58.9 Å². The quantitative estimate of drug-likeness (QED) is 0.687. The fourth-order valence-electron chi connectivity index (χ4n) is 5.02. The third kappa shape index (κ3) is 4.47. The van der Waals surface area contributed by atoms with Crippen molar-refractivity contribution in [3.8, 4) is 11.5 Å². The first-order valence-corrected chi connectivity index (χ1v) is 11.4. The van der Waals surface area contributed by atoms with Crippen LogP contribution in [0, 0.1) is 18.3 Å². The number of aliphatic imine (C=N–C) groups is 1. The number of pyridine rings is 1. The first kappa shape index (κ1) is 23.7. The molecule has 1 aliphatic carbocycles. The highest BCUT2D eigenvalue weighted by molar-refractivity contribution is 6.13. The maximum Gasteiger partial charge on any atom is 0.235 e. The number of ketones is 1. The Kier molecular flexibility index (Phi) is 6.30. The molecule has 1 unspecified atom stereocenters. The van der Waals surface area contributed by atoms with Crippen molar-refractivity contribution >= 4 is 23.2 Å². The van der Waals surface area contributed by atoms with Gasteiger partial charge in [-0.25, -0.2) is 4.98 Å². The van der Waals surface area contributed by atoms with Crippen molar-refractivity contribution in [1.29, 1.82) is 0 Å². The SMILES string of the molecule is COc1ccc(OC)c([C@H]2C3=C(CC(C)(C)CC3=O)N=C(C)C2C(=O)Nc2cccc(C)n2)c1. The Hall–Kier alpha value is -3.48. The molecule has 0 fully saturated rings. The number of aromatic nitrogens is 1. The number of allylic oxidation sites excluding steroid dienone is 2. The van der Waals surface area contributed by atoms with Crippen LogP contribution >= 0.6 is 0 Å². The third-order valence-electron chi connectivity index (χ3n) is 6.50. The van der Waals surface area contributed by atoms with Crippen LogP contribution in [-0.2, 0) is 9.59 Å². The van der Waals surface area contributed by atoms with Crippen LogP contribution in [0.25, 0.3) is 0 Å². The van der Waals surface area contributed by atoms with Gasteiger partial charge in [-0.2, -0.15) is 0 Å². The van der Waals surface area contributed by atoms with Crippen LogP contribution in [0.5, 0.6) is 11.5 Å². The Bertz CT molecular complexity index is 1210. The van der Waals surface area contributed by atoms with Crippen LogP contribution in [0.3, 0.4) is 0 Å². The molecule has 1 N–H and O–H groups in total. The van der Waals surface area contributed by atoms with Crippen LogP contribution in [0.1, 0.15) is 50.8 Å². The molecule has 0 saturated carbocycles. The molecule has 34 heavy (non-hydrogen) atoms. The van der Waals surface area contributed by atoms with E-state index in [2.05, 4.69) is 24.1 Å². The minimum Gasteiger partial charge on any atom is -0.497 e. The van der Waals surface area contributed by atoms with Gasteiger partial charge in [-0.05, 0) is 56.0 Å². The van der Waals surface area contributed by atoms with Gasteiger partial charge in [0, 0.05) is 40.6 Å². The van der Waals surface area contributed by atoms with Gasteiger partial charge < -0.3 is 14.8 Å². The van der Waals surface area contributed by atoms with Gasteiger partial charge in [-0.15, -0.1) is 0 Å². The van der Waals surface area contributed by atoms with E-state index in [0.717, 1.165) is 17.0 Å². The van der Waals surface area contributed by atoms with Crippen molar-refractivity contribution in [2.45, 2.75) is 46.5 Å². The maximum absolute atomic E-state index is 13.7. The van der Waals surface area contributed by atoms with Crippen LogP contribution in [0.2, 0.25) is 0 Å². The molecule has 4 rings (SSSR count). The summed E-state index contributed by atoms with van der Waals surface area (Å²) in [5.74, 6) is 0.183. The summed E-state index contributed by atoms with van der Waals surface area (Å²) in [5, 5.41) is 2.94. The number of benzene rings is 1. The number of carbonyl (C=O) groups excluding carboxylic acids is 2. The van der Waals surface area contributed by atoms with Gasteiger partial charge in [0.25, 0.3) is 0 Å². The largest absolute Gasteiger partial charge is 0.497 e. The number of aryl methyl sites for hydroxylation is 1. The molecule has 1 amide bonds. The zero-order valence-electron chi connectivity index (χ0n) is 20.6. The number of hydrogen-bond donors (Lipinski definition) is 1. The second-order valence-electron chi connectivity index (χ2n) is 9.77. The molecule has 2 aromatic rings. The molecule has 178 valence electrons. The van der Waals surface area contributed by atoms with Crippen LogP contribution in [-0.4, -0.2) is 36.6 Å². The number of ether oxygens (including phenoxy) is 2. The van der Waals surface area contributed by atoms with E-state index in [0.29, 0.717) is 41.4 Å². The van der Waals surface area contributed by atoms with Gasteiger partial charge in [0.1, 0.15) is 17.3 Å². The Morgan fingerprint density at radius 3 is 2.53 bits per heavy atom. The Balaban J connectivity index is 1.87. The maximum atomic E-state index is 13.7. The summed E-state index contributed by atoms with van der Waals surface area (Å²) in [5.41, 5.74) is 3.34. The summed E-state index contributed by atoms with van der Waals surface area (Å²) < 4.78 is 11.2. The lowest BCUT2D eigenvalue weighted by Crippen LogP contribution is -2.41. The molecular weight excluding hydrogens is 430 g/mol. The number of nitrogens with zero attached hydrogens (tertiary/aromatic N) is 2. The zero-order valence-corrected chi connectivity index (χ0v) is 20.6. The standard InChI is InChI=1S/C27H31N3O4/c1-15-8-7-9-22(28-15)30-26(32)23-16(2)29-19-13-27(3,4)14-20(31)25(19)24(23)18-12-17(33-5)10-11-21(18)34-6/h7-12,23-24H,13-14H2,1-6H3,(H,28,30,32)/t23?,24-/m1/s1.